The van der Waals surface area contributed by atoms with Crippen molar-refractivity contribution in [3.05, 3.63) is 18.2 Å². The summed E-state index contributed by atoms with van der Waals surface area (Å²) in [5.41, 5.74) is 6.25. The Balaban J connectivity index is 2.51. The second-order valence-electron chi connectivity index (χ2n) is 2.15. The van der Waals surface area contributed by atoms with Crippen molar-refractivity contribution >= 4 is 16.9 Å². The lowest BCUT2D eigenvalue weighted by molar-refractivity contribution is 0.868. The lowest BCUT2D eigenvalue weighted by Gasteiger charge is -1.99. The minimum absolute atomic E-state index is 0.145. The fraction of sp³-hybridized carbons (Fsp3) is 0.333. The Hall–Kier alpha value is -0.970. The molecule has 0 unspecified atom stereocenters. The van der Waals surface area contributed by atoms with Gasteiger partial charge >= 0.3 is 0 Å². The average Bonchev–Trinajstić information content (AvgIpc) is 2.31. The second-order valence-corrected chi connectivity index (χ2v) is 3.17. The first-order valence-corrected chi connectivity index (χ1v) is 4.10. The number of aromatic nitrogens is 2. The van der Waals surface area contributed by atoms with Crippen LogP contribution in [0.2, 0.25) is 0 Å². The molecule has 0 aliphatic rings. The Morgan fingerprint density at radius 2 is 2.64 bits per heavy atom. The van der Waals surface area contributed by atoms with Crippen LogP contribution >= 0.6 is 11.8 Å². The number of nitrogens with two attached hydrogens (primary N) is 1. The van der Waals surface area contributed by atoms with E-state index in [1.54, 1.807) is 12.5 Å². The van der Waals surface area contributed by atoms with Crippen molar-refractivity contribution in [1.29, 1.82) is 5.41 Å². The smallest absolute Gasteiger partial charge is 0.151 e. The van der Waals surface area contributed by atoms with Gasteiger partial charge in [-0.05, 0) is 0 Å². The molecule has 1 heterocycles. The lowest BCUT2D eigenvalue weighted by atomic mass is 10.5. The minimum atomic E-state index is 0.145. The van der Waals surface area contributed by atoms with Crippen LogP contribution in [0.25, 0.3) is 0 Å². The minimum Gasteiger partial charge on any atom is -0.379 e. The number of hydrogen-bond donors (Lipinski definition) is 2. The van der Waals surface area contributed by atoms with Gasteiger partial charge in [-0.1, -0.05) is 11.8 Å². The number of nitrogens with one attached hydrogen (secondary N) is 1. The zero-order chi connectivity index (χ0) is 8.27. The first-order chi connectivity index (χ1) is 5.20. The van der Waals surface area contributed by atoms with Crippen LogP contribution in [0.15, 0.2) is 12.5 Å². The molecule has 60 valence electrons. The van der Waals surface area contributed by atoms with E-state index in [0.29, 0.717) is 5.75 Å². The molecule has 0 aromatic carbocycles. The maximum Gasteiger partial charge on any atom is 0.151 e. The highest BCUT2D eigenvalue weighted by atomic mass is 32.2. The molecule has 0 aliphatic carbocycles. The summed E-state index contributed by atoms with van der Waals surface area (Å²) in [4.78, 5) is 3.94. The van der Waals surface area contributed by atoms with Gasteiger partial charge < -0.3 is 10.3 Å². The van der Waals surface area contributed by atoms with E-state index in [2.05, 4.69) is 4.98 Å². The summed E-state index contributed by atoms with van der Waals surface area (Å²) in [6.45, 7) is 0. The van der Waals surface area contributed by atoms with Crippen molar-refractivity contribution in [2.45, 2.75) is 5.75 Å². The molecular formula is C6H10N4S. The highest BCUT2D eigenvalue weighted by molar-refractivity contribution is 8.13. The van der Waals surface area contributed by atoms with Gasteiger partial charge in [0.25, 0.3) is 0 Å². The zero-order valence-electron chi connectivity index (χ0n) is 6.24. The summed E-state index contributed by atoms with van der Waals surface area (Å²) in [6, 6.07) is 0. The van der Waals surface area contributed by atoms with Crippen LogP contribution in [0.4, 0.5) is 0 Å². The molecule has 0 spiro atoms. The molecule has 5 heteroatoms. The standard InChI is InChI=1S/C6H10N4S/c1-10-4-9-2-5(10)3-11-6(7)8/h2,4H,3H2,1H3,(H3,7,8). The van der Waals surface area contributed by atoms with Gasteiger partial charge in [0.05, 0.1) is 6.33 Å². The predicted octanol–water partition coefficient (Wildman–Crippen LogP) is 0.547. The topological polar surface area (TPSA) is 67.7 Å². The van der Waals surface area contributed by atoms with Gasteiger partial charge in [0.2, 0.25) is 0 Å². The van der Waals surface area contributed by atoms with Gasteiger partial charge in [-0.15, -0.1) is 0 Å². The summed E-state index contributed by atoms with van der Waals surface area (Å²) in [5.74, 6) is 0.714. The molecule has 1 aromatic rings. The Kier molecular flexibility index (Phi) is 2.53. The largest absolute Gasteiger partial charge is 0.379 e. The van der Waals surface area contributed by atoms with Crippen LogP contribution in [0.5, 0.6) is 0 Å². The van der Waals surface area contributed by atoms with E-state index in [9.17, 15) is 0 Å². The van der Waals surface area contributed by atoms with Crippen LogP contribution in [0, 0.1) is 5.41 Å². The molecule has 4 nitrogen and oxygen atoms in total. The fourth-order valence-corrected chi connectivity index (χ4v) is 1.26. The average molecular weight is 170 g/mol. The zero-order valence-corrected chi connectivity index (χ0v) is 7.06. The highest BCUT2D eigenvalue weighted by Gasteiger charge is 1.98. The molecule has 1 aromatic heterocycles. The Morgan fingerprint density at radius 1 is 1.91 bits per heavy atom. The summed E-state index contributed by atoms with van der Waals surface area (Å²) in [5, 5.41) is 7.12. The van der Waals surface area contributed by atoms with Gasteiger partial charge in [-0.3, -0.25) is 5.41 Å². The van der Waals surface area contributed by atoms with E-state index in [0.717, 1.165) is 5.69 Å². The summed E-state index contributed by atoms with van der Waals surface area (Å²) >= 11 is 1.30. The molecule has 0 amide bonds. The van der Waals surface area contributed by atoms with Crippen molar-refractivity contribution in [2.75, 3.05) is 0 Å². The van der Waals surface area contributed by atoms with Crippen LogP contribution in [-0.2, 0) is 12.8 Å². The molecule has 3 N–H and O–H groups in total. The van der Waals surface area contributed by atoms with Crippen LogP contribution in [0.3, 0.4) is 0 Å². The van der Waals surface area contributed by atoms with Crippen molar-refractivity contribution in [2.24, 2.45) is 12.8 Å². The number of hydrogen-bond acceptors (Lipinski definition) is 3. The number of rotatable bonds is 2. The van der Waals surface area contributed by atoms with Gasteiger partial charge in [0, 0.05) is 24.7 Å². The van der Waals surface area contributed by atoms with Crippen LogP contribution in [-0.4, -0.2) is 14.7 Å². The number of nitrogens with zero attached hydrogens (tertiary/aromatic N) is 2. The summed E-state index contributed by atoms with van der Waals surface area (Å²) in [6.07, 6.45) is 3.51. The predicted molar refractivity (Wildman–Crippen MR) is 46.4 cm³/mol. The molecule has 0 radical (unpaired) electrons. The molecule has 0 saturated carbocycles. The van der Waals surface area contributed by atoms with E-state index in [1.165, 1.54) is 11.8 Å². The van der Waals surface area contributed by atoms with Gasteiger partial charge in [0.15, 0.2) is 5.17 Å². The highest BCUT2D eigenvalue weighted by Crippen LogP contribution is 2.09. The van der Waals surface area contributed by atoms with Gasteiger partial charge in [-0.25, -0.2) is 4.98 Å². The third kappa shape index (κ3) is 2.27. The fourth-order valence-electron chi connectivity index (χ4n) is 0.675. The van der Waals surface area contributed by atoms with E-state index in [1.807, 2.05) is 11.6 Å². The van der Waals surface area contributed by atoms with E-state index in [4.69, 9.17) is 11.1 Å². The van der Waals surface area contributed by atoms with Gasteiger partial charge in [-0.2, -0.15) is 0 Å². The lowest BCUT2D eigenvalue weighted by Crippen LogP contribution is -2.04. The Morgan fingerprint density at radius 3 is 3.09 bits per heavy atom. The van der Waals surface area contributed by atoms with Crippen molar-refractivity contribution in [3.8, 4) is 0 Å². The maximum atomic E-state index is 6.98. The molecule has 0 fully saturated rings. The number of aryl methyl sites for hydroxylation is 1. The monoisotopic (exact) mass is 170 g/mol. The van der Waals surface area contributed by atoms with Crippen LogP contribution in [0.1, 0.15) is 5.69 Å². The van der Waals surface area contributed by atoms with Crippen molar-refractivity contribution in [3.63, 3.8) is 0 Å². The first kappa shape index (κ1) is 8.13. The second kappa shape index (κ2) is 3.43. The maximum absolute atomic E-state index is 6.98. The van der Waals surface area contributed by atoms with E-state index >= 15 is 0 Å². The summed E-state index contributed by atoms with van der Waals surface area (Å²) < 4.78 is 1.91. The quantitative estimate of drug-likeness (QED) is 0.503. The summed E-state index contributed by atoms with van der Waals surface area (Å²) in [7, 11) is 1.92. The SMILES string of the molecule is Cn1cncc1CSC(=N)N. The Bertz CT molecular complexity index is 255. The first-order valence-electron chi connectivity index (χ1n) is 3.12. The number of imidazole rings is 1. The van der Waals surface area contributed by atoms with Crippen molar-refractivity contribution in [1.82, 2.24) is 9.55 Å². The molecule has 0 bridgehead atoms. The molecular weight excluding hydrogens is 160 g/mol. The van der Waals surface area contributed by atoms with Crippen molar-refractivity contribution < 1.29 is 0 Å². The third-order valence-corrected chi connectivity index (χ3v) is 2.04. The molecule has 0 aliphatic heterocycles. The molecule has 0 saturated heterocycles. The Labute approximate surface area is 69.3 Å². The molecule has 0 atom stereocenters. The van der Waals surface area contributed by atoms with Crippen LogP contribution < -0.4 is 5.73 Å². The third-order valence-electron chi connectivity index (χ3n) is 1.29. The van der Waals surface area contributed by atoms with E-state index in [-0.39, 0.29) is 5.17 Å². The molecule has 1 rings (SSSR count). The normalized spacial score (nSPS) is 9.91. The number of thioether (sulfide) groups is 1. The number of amidine groups is 1. The molecule has 11 heavy (non-hydrogen) atoms. The van der Waals surface area contributed by atoms with Gasteiger partial charge in [0.1, 0.15) is 0 Å². The van der Waals surface area contributed by atoms with E-state index < -0.39 is 0 Å².